The zero-order chi connectivity index (χ0) is 20.3. The molecule has 0 aromatic heterocycles. The molecule has 8 nitrogen and oxygen atoms in total. The molecule has 0 saturated carbocycles. The summed E-state index contributed by atoms with van der Waals surface area (Å²) in [4.78, 5) is 12.1. The summed E-state index contributed by atoms with van der Waals surface area (Å²) in [6.07, 6.45) is -3.71. The number of ether oxygens (including phenoxy) is 5. The minimum absolute atomic E-state index is 0.103. The topological polar surface area (TPSA) is 87.3 Å². The van der Waals surface area contributed by atoms with E-state index >= 15 is 0 Å². The van der Waals surface area contributed by atoms with Gasteiger partial charge in [-0.2, -0.15) is 0 Å². The molecule has 1 aliphatic heterocycles. The summed E-state index contributed by atoms with van der Waals surface area (Å²) in [6.45, 7) is 0.158. The number of halogens is 2. The number of hydrogen-bond acceptors (Lipinski definition) is 6. The number of anilines is 1. The van der Waals surface area contributed by atoms with Crippen LogP contribution in [0.5, 0.6) is 28.7 Å². The summed E-state index contributed by atoms with van der Waals surface area (Å²) >= 11 is 0. The molecule has 0 spiro atoms. The zero-order valence-corrected chi connectivity index (χ0v) is 15.3. The Labute approximate surface area is 159 Å². The number of benzene rings is 2. The molecule has 0 fully saturated rings. The summed E-state index contributed by atoms with van der Waals surface area (Å²) < 4.78 is 50.5. The number of methoxy groups -OCH3 is 3. The number of urea groups is 1. The Morgan fingerprint density at radius 2 is 1.64 bits per heavy atom. The third-order valence-corrected chi connectivity index (χ3v) is 3.84. The van der Waals surface area contributed by atoms with E-state index in [1.54, 1.807) is 12.1 Å². The molecule has 2 N–H and O–H groups in total. The number of carbonyl (C=O) groups excluding carboxylic acids is 1. The second-order valence-electron chi connectivity index (χ2n) is 5.67. The molecule has 3 rings (SSSR count). The summed E-state index contributed by atoms with van der Waals surface area (Å²) in [5.74, 6) is 1.09. The van der Waals surface area contributed by atoms with E-state index in [4.69, 9.17) is 14.2 Å². The lowest BCUT2D eigenvalue weighted by Gasteiger charge is -2.14. The fraction of sp³-hybridized carbons (Fsp3) is 0.278. The van der Waals surface area contributed by atoms with Gasteiger partial charge < -0.3 is 34.3 Å². The number of nitrogens with one attached hydrogen (secondary N) is 2. The molecule has 0 radical (unpaired) electrons. The molecule has 1 aliphatic rings. The van der Waals surface area contributed by atoms with Crippen LogP contribution in [-0.2, 0) is 6.54 Å². The van der Waals surface area contributed by atoms with Gasteiger partial charge in [0.15, 0.2) is 23.0 Å². The first-order valence-electron chi connectivity index (χ1n) is 8.09. The first-order chi connectivity index (χ1) is 13.3. The van der Waals surface area contributed by atoms with E-state index in [-0.39, 0.29) is 23.7 Å². The maximum absolute atomic E-state index is 13.0. The van der Waals surface area contributed by atoms with Crippen molar-refractivity contribution in [2.45, 2.75) is 12.8 Å². The van der Waals surface area contributed by atoms with Crippen LogP contribution in [0.15, 0.2) is 30.3 Å². The van der Waals surface area contributed by atoms with Gasteiger partial charge in [-0.1, -0.05) is 0 Å². The van der Waals surface area contributed by atoms with E-state index in [0.717, 1.165) is 0 Å². The lowest BCUT2D eigenvalue weighted by atomic mass is 10.2. The number of rotatable bonds is 6. The van der Waals surface area contributed by atoms with Gasteiger partial charge in [0.1, 0.15) is 0 Å². The Hall–Kier alpha value is -3.43. The maximum Gasteiger partial charge on any atom is 0.586 e. The average molecular weight is 396 g/mol. The molecule has 28 heavy (non-hydrogen) atoms. The zero-order valence-electron chi connectivity index (χ0n) is 15.3. The maximum atomic E-state index is 13.0. The molecule has 0 aliphatic carbocycles. The number of fused-ring (bicyclic) bond motifs is 1. The van der Waals surface area contributed by atoms with Crippen LogP contribution in [0, 0.1) is 0 Å². The van der Waals surface area contributed by atoms with E-state index < -0.39 is 12.3 Å². The van der Waals surface area contributed by atoms with Crippen molar-refractivity contribution in [1.29, 1.82) is 0 Å². The Morgan fingerprint density at radius 3 is 2.25 bits per heavy atom. The van der Waals surface area contributed by atoms with E-state index in [0.29, 0.717) is 22.8 Å². The van der Waals surface area contributed by atoms with Gasteiger partial charge in [0.2, 0.25) is 5.75 Å². The first-order valence-corrected chi connectivity index (χ1v) is 8.09. The summed E-state index contributed by atoms with van der Waals surface area (Å²) in [5.41, 5.74) is 0.970. The van der Waals surface area contributed by atoms with Crippen LogP contribution in [0.25, 0.3) is 0 Å². The van der Waals surface area contributed by atoms with Gasteiger partial charge >= 0.3 is 12.3 Å². The third-order valence-electron chi connectivity index (χ3n) is 3.84. The second-order valence-corrected chi connectivity index (χ2v) is 5.67. The summed E-state index contributed by atoms with van der Waals surface area (Å²) in [5, 5.41) is 5.18. The van der Waals surface area contributed by atoms with Crippen LogP contribution >= 0.6 is 0 Å². The van der Waals surface area contributed by atoms with Crippen LogP contribution < -0.4 is 34.3 Å². The van der Waals surface area contributed by atoms with Crippen molar-refractivity contribution in [3.05, 3.63) is 35.9 Å². The minimum atomic E-state index is -3.71. The standard InChI is InChI=1S/C18H18F2N2O6/c1-24-14-6-10(7-15(25-2)16(14)26-3)9-21-17(23)22-11-4-5-12-13(8-11)28-18(19,20)27-12/h4-8H,9H2,1-3H3,(H2,21,22,23). The molecule has 0 atom stereocenters. The fourth-order valence-corrected chi connectivity index (χ4v) is 2.62. The molecule has 0 unspecified atom stereocenters. The molecular formula is C18H18F2N2O6. The predicted octanol–water partition coefficient (Wildman–Crippen LogP) is 3.36. The number of carbonyl (C=O) groups is 1. The lowest BCUT2D eigenvalue weighted by molar-refractivity contribution is -0.286. The highest BCUT2D eigenvalue weighted by molar-refractivity contribution is 5.89. The van der Waals surface area contributed by atoms with Crippen LogP contribution in [0.1, 0.15) is 5.56 Å². The van der Waals surface area contributed by atoms with Gasteiger partial charge in [-0.05, 0) is 29.8 Å². The lowest BCUT2D eigenvalue weighted by Crippen LogP contribution is -2.28. The van der Waals surface area contributed by atoms with Gasteiger partial charge in [-0.15, -0.1) is 8.78 Å². The highest BCUT2D eigenvalue weighted by atomic mass is 19.3. The Morgan fingerprint density at radius 1 is 1.00 bits per heavy atom. The van der Waals surface area contributed by atoms with Crippen molar-refractivity contribution in [3.8, 4) is 28.7 Å². The third kappa shape index (κ3) is 4.11. The number of alkyl halides is 2. The van der Waals surface area contributed by atoms with Gasteiger partial charge in [0.05, 0.1) is 21.3 Å². The summed E-state index contributed by atoms with van der Waals surface area (Å²) in [7, 11) is 4.47. The van der Waals surface area contributed by atoms with E-state index in [1.165, 1.54) is 39.5 Å². The molecule has 0 saturated heterocycles. The molecular weight excluding hydrogens is 378 g/mol. The van der Waals surface area contributed by atoms with Gasteiger partial charge in [0.25, 0.3) is 0 Å². The highest BCUT2D eigenvalue weighted by Gasteiger charge is 2.43. The van der Waals surface area contributed by atoms with Crippen LogP contribution in [-0.4, -0.2) is 33.7 Å². The smallest absolute Gasteiger partial charge is 0.493 e. The van der Waals surface area contributed by atoms with Crippen molar-refractivity contribution >= 4 is 11.7 Å². The molecule has 1 heterocycles. The van der Waals surface area contributed by atoms with Crippen LogP contribution in [0.3, 0.4) is 0 Å². The Bertz CT molecular complexity index is 865. The van der Waals surface area contributed by atoms with Gasteiger partial charge in [0, 0.05) is 18.3 Å². The minimum Gasteiger partial charge on any atom is -0.493 e. The second kappa shape index (κ2) is 7.67. The molecule has 2 amide bonds. The summed E-state index contributed by atoms with van der Waals surface area (Å²) in [6, 6.07) is 6.80. The van der Waals surface area contributed by atoms with Crippen LogP contribution in [0.4, 0.5) is 19.3 Å². The van der Waals surface area contributed by atoms with E-state index in [9.17, 15) is 13.6 Å². The van der Waals surface area contributed by atoms with Crippen molar-refractivity contribution < 1.29 is 37.3 Å². The van der Waals surface area contributed by atoms with Gasteiger partial charge in [-0.3, -0.25) is 0 Å². The Balaban J connectivity index is 1.64. The molecule has 2 aromatic rings. The first kappa shape index (κ1) is 19.3. The molecule has 150 valence electrons. The van der Waals surface area contributed by atoms with Crippen molar-refractivity contribution in [2.75, 3.05) is 26.6 Å². The van der Waals surface area contributed by atoms with Gasteiger partial charge in [-0.25, -0.2) is 4.79 Å². The monoisotopic (exact) mass is 396 g/mol. The fourth-order valence-electron chi connectivity index (χ4n) is 2.62. The molecule has 2 aromatic carbocycles. The highest BCUT2D eigenvalue weighted by Crippen LogP contribution is 2.42. The Kier molecular flexibility index (Phi) is 5.30. The van der Waals surface area contributed by atoms with Crippen molar-refractivity contribution in [3.63, 3.8) is 0 Å². The number of amides is 2. The van der Waals surface area contributed by atoms with Crippen molar-refractivity contribution in [1.82, 2.24) is 5.32 Å². The molecule has 10 heteroatoms. The average Bonchev–Trinajstić information content (AvgIpc) is 2.98. The molecule has 0 bridgehead atoms. The SMILES string of the molecule is COc1cc(CNC(=O)Nc2ccc3c(c2)OC(F)(F)O3)cc(OC)c1OC. The quantitative estimate of drug-likeness (QED) is 0.779. The van der Waals surface area contributed by atoms with Crippen LogP contribution in [0.2, 0.25) is 0 Å². The van der Waals surface area contributed by atoms with E-state index in [2.05, 4.69) is 20.1 Å². The normalized spacial score (nSPS) is 13.6. The van der Waals surface area contributed by atoms with E-state index in [1.807, 2.05) is 0 Å². The van der Waals surface area contributed by atoms with Crippen molar-refractivity contribution in [2.24, 2.45) is 0 Å². The largest absolute Gasteiger partial charge is 0.586 e. The predicted molar refractivity (Wildman–Crippen MR) is 94.6 cm³/mol. The number of hydrogen-bond donors (Lipinski definition) is 2.